The largest absolute Gasteiger partial charge is 0.387 e. The molecule has 5 nitrogen and oxygen atoms in total. The van der Waals surface area contributed by atoms with Gasteiger partial charge in [-0.25, -0.2) is 0 Å². The number of benzene rings is 2. The van der Waals surface area contributed by atoms with Crippen molar-refractivity contribution in [3.8, 4) is 0 Å². The summed E-state index contributed by atoms with van der Waals surface area (Å²) in [6.07, 6.45) is -2.57. The van der Waals surface area contributed by atoms with E-state index in [1.54, 1.807) is 0 Å². The summed E-state index contributed by atoms with van der Waals surface area (Å²) < 4.78 is 16.8. The van der Waals surface area contributed by atoms with Crippen molar-refractivity contribution in [1.82, 2.24) is 0 Å². The van der Waals surface area contributed by atoms with Gasteiger partial charge in [-0.3, -0.25) is 0 Å². The number of rotatable bonds is 8. The topological polar surface area (TPSA) is 68.2 Å². The zero-order chi connectivity index (χ0) is 17.5. The number of hydrogen-bond acceptors (Lipinski definition) is 5. The van der Waals surface area contributed by atoms with Crippen LogP contribution in [0.15, 0.2) is 60.7 Å². The SMILES string of the molecule is O[C@@H]1[C@H](COCc2ccccc2)[C@@H](COCc2ccccc2)O[C@@H]1O. The lowest BCUT2D eigenvalue weighted by atomic mass is 10.00. The highest BCUT2D eigenvalue weighted by atomic mass is 16.6. The molecule has 0 bridgehead atoms. The molecule has 25 heavy (non-hydrogen) atoms. The fourth-order valence-electron chi connectivity index (χ4n) is 2.91. The minimum Gasteiger partial charge on any atom is -0.387 e. The summed E-state index contributed by atoms with van der Waals surface area (Å²) in [5, 5.41) is 19.9. The van der Waals surface area contributed by atoms with E-state index in [-0.39, 0.29) is 5.92 Å². The van der Waals surface area contributed by atoms with E-state index < -0.39 is 18.5 Å². The van der Waals surface area contributed by atoms with Crippen molar-refractivity contribution >= 4 is 0 Å². The smallest absolute Gasteiger partial charge is 0.181 e. The molecule has 5 heteroatoms. The third-order valence-corrected chi connectivity index (χ3v) is 4.34. The van der Waals surface area contributed by atoms with Crippen molar-refractivity contribution in [2.45, 2.75) is 31.7 Å². The summed E-state index contributed by atoms with van der Waals surface area (Å²) in [6, 6.07) is 19.7. The number of hydrogen-bond donors (Lipinski definition) is 2. The monoisotopic (exact) mass is 344 g/mol. The molecule has 0 saturated carbocycles. The van der Waals surface area contributed by atoms with Crippen LogP contribution in [-0.2, 0) is 27.4 Å². The van der Waals surface area contributed by atoms with Crippen LogP contribution >= 0.6 is 0 Å². The van der Waals surface area contributed by atoms with Gasteiger partial charge in [0.1, 0.15) is 6.10 Å². The molecule has 1 fully saturated rings. The van der Waals surface area contributed by atoms with Gasteiger partial charge in [-0.15, -0.1) is 0 Å². The van der Waals surface area contributed by atoms with Crippen molar-refractivity contribution in [3.05, 3.63) is 71.8 Å². The fraction of sp³-hybridized carbons (Fsp3) is 0.400. The molecule has 0 aromatic heterocycles. The van der Waals surface area contributed by atoms with Crippen LogP contribution in [0.3, 0.4) is 0 Å². The van der Waals surface area contributed by atoms with Crippen LogP contribution < -0.4 is 0 Å². The summed E-state index contributed by atoms with van der Waals surface area (Å²) in [4.78, 5) is 0. The molecule has 3 rings (SSSR count). The van der Waals surface area contributed by atoms with Crippen molar-refractivity contribution in [3.63, 3.8) is 0 Å². The maximum atomic E-state index is 10.1. The van der Waals surface area contributed by atoms with Crippen molar-refractivity contribution in [1.29, 1.82) is 0 Å². The highest BCUT2D eigenvalue weighted by Gasteiger charge is 2.42. The van der Waals surface area contributed by atoms with Gasteiger partial charge in [-0.05, 0) is 11.1 Å². The molecule has 1 aliphatic rings. The van der Waals surface area contributed by atoms with E-state index >= 15 is 0 Å². The standard InChI is InChI=1S/C20H24O5/c21-19-17(13-23-11-15-7-3-1-4-8-15)18(25-20(19)22)14-24-12-16-9-5-2-6-10-16/h1-10,17-22H,11-14H2/t17-,18-,19-,20+/m1/s1. The van der Waals surface area contributed by atoms with Crippen LogP contribution in [0, 0.1) is 5.92 Å². The minimum atomic E-state index is -1.20. The van der Waals surface area contributed by atoms with Gasteiger partial charge < -0.3 is 24.4 Å². The quantitative estimate of drug-likeness (QED) is 0.768. The zero-order valence-electron chi connectivity index (χ0n) is 14.0. The molecule has 0 aliphatic carbocycles. The van der Waals surface area contributed by atoms with E-state index in [2.05, 4.69) is 0 Å². The summed E-state index contributed by atoms with van der Waals surface area (Å²) in [5.41, 5.74) is 2.13. The molecule has 1 aliphatic heterocycles. The van der Waals surface area contributed by atoms with E-state index in [9.17, 15) is 10.2 Å². The maximum absolute atomic E-state index is 10.1. The van der Waals surface area contributed by atoms with E-state index in [0.29, 0.717) is 26.4 Å². The van der Waals surface area contributed by atoms with Gasteiger partial charge in [-0.1, -0.05) is 60.7 Å². The van der Waals surface area contributed by atoms with Crippen LogP contribution in [0.5, 0.6) is 0 Å². The lowest BCUT2D eigenvalue weighted by Crippen LogP contribution is -2.33. The first kappa shape index (κ1) is 18.0. The van der Waals surface area contributed by atoms with Crippen molar-refractivity contribution in [2.75, 3.05) is 13.2 Å². The first-order valence-electron chi connectivity index (χ1n) is 8.49. The number of ether oxygens (including phenoxy) is 3. The Labute approximate surface area is 147 Å². The van der Waals surface area contributed by atoms with Gasteiger partial charge in [0.25, 0.3) is 0 Å². The van der Waals surface area contributed by atoms with Gasteiger partial charge in [0.15, 0.2) is 6.29 Å². The van der Waals surface area contributed by atoms with Crippen LogP contribution in [0.2, 0.25) is 0 Å². The van der Waals surface area contributed by atoms with Crippen LogP contribution in [0.25, 0.3) is 0 Å². The van der Waals surface area contributed by atoms with Gasteiger partial charge in [0.2, 0.25) is 0 Å². The second-order valence-electron chi connectivity index (χ2n) is 6.22. The van der Waals surface area contributed by atoms with Gasteiger partial charge >= 0.3 is 0 Å². The normalized spacial score (nSPS) is 26.0. The van der Waals surface area contributed by atoms with Gasteiger partial charge in [0, 0.05) is 5.92 Å². The summed E-state index contributed by atoms with van der Waals surface area (Å²) >= 11 is 0. The fourth-order valence-corrected chi connectivity index (χ4v) is 2.91. The van der Waals surface area contributed by atoms with Crippen LogP contribution in [0.4, 0.5) is 0 Å². The van der Waals surface area contributed by atoms with E-state index in [1.807, 2.05) is 60.7 Å². The van der Waals surface area contributed by atoms with Gasteiger partial charge in [-0.2, -0.15) is 0 Å². The molecule has 4 atom stereocenters. The highest BCUT2D eigenvalue weighted by molar-refractivity contribution is 5.14. The molecule has 2 N–H and O–H groups in total. The number of aliphatic hydroxyl groups excluding tert-OH is 2. The van der Waals surface area contributed by atoms with E-state index in [0.717, 1.165) is 11.1 Å². The zero-order valence-corrected chi connectivity index (χ0v) is 14.0. The predicted octanol–water partition coefficient (Wildman–Crippen LogP) is 2.11. The molecule has 1 heterocycles. The maximum Gasteiger partial charge on any atom is 0.181 e. The van der Waals surface area contributed by atoms with Crippen LogP contribution in [0.1, 0.15) is 11.1 Å². The Morgan fingerprint density at radius 3 is 1.84 bits per heavy atom. The molecule has 2 aromatic carbocycles. The van der Waals surface area contributed by atoms with Crippen molar-refractivity contribution in [2.24, 2.45) is 5.92 Å². The Balaban J connectivity index is 1.47. The molecule has 1 saturated heterocycles. The first-order chi connectivity index (χ1) is 12.2. The summed E-state index contributed by atoms with van der Waals surface area (Å²) in [6.45, 7) is 1.51. The molecule has 0 amide bonds. The second-order valence-corrected chi connectivity index (χ2v) is 6.22. The second kappa shape index (κ2) is 9.08. The first-order valence-corrected chi connectivity index (χ1v) is 8.49. The predicted molar refractivity (Wildman–Crippen MR) is 92.6 cm³/mol. The van der Waals surface area contributed by atoms with E-state index in [4.69, 9.17) is 14.2 Å². The molecular weight excluding hydrogens is 320 g/mol. The molecular formula is C20H24O5. The highest BCUT2D eigenvalue weighted by Crippen LogP contribution is 2.27. The average Bonchev–Trinajstić information content (AvgIpc) is 2.91. The molecule has 0 unspecified atom stereocenters. The van der Waals surface area contributed by atoms with Crippen molar-refractivity contribution < 1.29 is 24.4 Å². The summed E-state index contributed by atoms with van der Waals surface area (Å²) in [7, 11) is 0. The molecule has 0 radical (unpaired) electrons. The Morgan fingerprint density at radius 1 is 0.760 bits per heavy atom. The number of aliphatic hydroxyl groups is 2. The van der Waals surface area contributed by atoms with E-state index in [1.165, 1.54) is 0 Å². The molecule has 0 spiro atoms. The third kappa shape index (κ3) is 5.11. The Morgan fingerprint density at radius 2 is 1.28 bits per heavy atom. The molecule has 2 aromatic rings. The minimum absolute atomic E-state index is 0.294. The third-order valence-electron chi connectivity index (χ3n) is 4.34. The Kier molecular flexibility index (Phi) is 6.55. The summed E-state index contributed by atoms with van der Waals surface area (Å²) in [5.74, 6) is -0.325. The lowest BCUT2D eigenvalue weighted by Gasteiger charge is -2.20. The van der Waals surface area contributed by atoms with Gasteiger partial charge in [0.05, 0.1) is 32.5 Å². The Bertz CT molecular complexity index is 618. The Hall–Kier alpha value is -1.76. The lowest BCUT2D eigenvalue weighted by molar-refractivity contribution is -0.137. The van der Waals surface area contributed by atoms with Crippen LogP contribution in [-0.4, -0.2) is 41.9 Å². The molecule has 134 valence electrons. The average molecular weight is 344 g/mol.